The third-order valence-electron chi connectivity index (χ3n) is 2.47. The molecule has 0 aromatic carbocycles. The number of halogens is 1. The molecule has 0 aliphatic rings. The lowest BCUT2D eigenvalue weighted by atomic mass is 10.3. The SMILES string of the molecule is CCCCOCCCNC(=O)c1csc(S(=O)(=O)Cl)c1. The Morgan fingerprint density at radius 2 is 2.10 bits per heavy atom. The molecule has 0 aliphatic heterocycles. The zero-order chi connectivity index (χ0) is 15.0. The van der Waals surface area contributed by atoms with Gasteiger partial charge in [-0.05, 0) is 18.9 Å². The zero-order valence-electron chi connectivity index (χ0n) is 11.2. The number of hydrogen-bond donors (Lipinski definition) is 1. The summed E-state index contributed by atoms with van der Waals surface area (Å²) in [7, 11) is 1.44. The number of carbonyl (C=O) groups excluding carboxylic acids is 1. The number of unbranched alkanes of at least 4 members (excludes halogenated alkanes) is 1. The van der Waals surface area contributed by atoms with Crippen molar-refractivity contribution in [1.82, 2.24) is 5.32 Å². The average Bonchev–Trinajstić information content (AvgIpc) is 2.87. The standard InChI is InChI=1S/C12H18ClNO4S2/c1-2-3-6-18-7-4-5-14-12(15)10-8-11(19-9-10)20(13,16)17/h8-9H,2-7H2,1H3,(H,14,15). The van der Waals surface area contributed by atoms with Crippen molar-refractivity contribution >= 4 is 37.0 Å². The van der Waals surface area contributed by atoms with Gasteiger partial charge in [0.05, 0.1) is 5.56 Å². The molecule has 0 aliphatic carbocycles. The maximum atomic E-state index is 11.7. The van der Waals surface area contributed by atoms with Gasteiger partial charge in [-0.2, -0.15) is 0 Å². The number of hydrogen-bond acceptors (Lipinski definition) is 5. The zero-order valence-corrected chi connectivity index (χ0v) is 13.6. The molecule has 114 valence electrons. The van der Waals surface area contributed by atoms with E-state index in [0.717, 1.165) is 37.2 Å². The van der Waals surface area contributed by atoms with E-state index in [2.05, 4.69) is 12.2 Å². The largest absolute Gasteiger partial charge is 0.381 e. The van der Waals surface area contributed by atoms with E-state index in [9.17, 15) is 13.2 Å². The van der Waals surface area contributed by atoms with E-state index in [0.29, 0.717) is 18.7 Å². The van der Waals surface area contributed by atoms with Gasteiger partial charge in [-0.15, -0.1) is 11.3 Å². The van der Waals surface area contributed by atoms with Crippen molar-refractivity contribution in [1.29, 1.82) is 0 Å². The Bertz CT molecular complexity index is 527. The molecule has 8 heteroatoms. The Balaban J connectivity index is 2.28. The van der Waals surface area contributed by atoms with Gasteiger partial charge in [0, 0.05) is 35.8 Å². The predicted molar refractivity (Wildman–Crippen MR) is 80.0 cm³/mol. The van der Waals surface area contributed by atoms with Crippen LogP contribution in [-0.4, -0.2) is 34.1 Å². The van der Waals surface area contributed by atoms with Crippen LogP contribution in [0.2, 0.25) is 0 Å². The summed E-state index contributed by atoms with van der Waals surface area (Å²) in [5.74, 6) is -0.304. The number of carbonyl (C=O) groups is 1. The van der Waals surface area contributed by atoms with E-state index in [1.165, 1.54) is 11.4 Å². The summed E-state index contributed by atoms with van der Waals surface area (Å²) in [6.07, 6.45) is 2.86. The fourth-order valence-corrected chi connectivity index (χ4v) is 3.34. The maximum Gasteiger partial charge on any atom is 0.270 e. The molecule has 0 bridgehead atoms. The van der Waals surface area contributed by atoms with Crippen LogP contribution in [0.25, 0.3) is 0 Å². The molecule has 0 fully saturated rings. The third kappa shape index (κ3) is 6.21. The first-order valence-electron chi connectivity index (χ1n) is 6.34. The number of nitrogens with one attached hydrogen (secondary N) is 1. The monoisotopic (exact) mass is 339 g/mol. The van der Waals surface area contributed by atoms with Crippen LogP contribution < -0.4 is 5.32 Å². The average molecular weight is 340 g/mol. The van der Waals surface area contributed by atoms with Crippen LogP contribution in [0.1, 0.15) is 36.5 Å². The molecule has 1 aromatic heterocycles. The van der Waals surface area contributed by atoms with E-state index in [1.54, 1.807) is 0 Å². The topological polar surface area (TPSA) is 72.5 Å². The van der Waals surface area contributed by atoms with Gasteiger partial charge in [0.25, 0.3) is 15.0 Å². The second-order valence-electron chi connectivity index (χ2n) is 4.17. The first-order valence-corrected chi connectivity index (χ1v) is 9.53. The smallest absolute Gasteiger partial charge is 0.270 e. The molecule has 0 unspecified atom stereocenters. The Labute approximate surface area is 127 Å². The van der Waals surface area contributed by atoms with Crippen LogP contribution in [0.15, 0.2) is 15.7 Å². The van der Waals surface area contributed by atoms with Crippen LogP contribution in [0.3, 0.4) is 0 Å². The van der Waals surface area contributed by atoms with E-state index in [-0.39, 0.29) is 10.1 Å². The number of thiophene rings is 1. The fraction of sp³-hybridized carbons (Fsp3) is 0.583. The van der Waals surface area contributed by atoms with Crippen molar-refractivity contribution in [3.63, 3.8) is 0 Å². The first-order chi connectivity index (χ1) is 9.45. The lowest BCUT2D eigenvalue weighted by molar-refractivity contribution is 0.0941. The van der Waals surface area contributed by atoms with Crippen molar-refractivity contribution in [2.24, 2.45) is 0 Å². The van der Waals surface area contributed by atoms with Gasteiger partial charge in [0.2, 0.25) is 0 Å². The molecule has 0 saturated carbocycles. The second-order valence-corrected chi connectivity index (χ2v) is 7.87. The Hall–Kier alpha value is -0.630. The van der Waals surface area contributed by atoms with Crippen molar-refractivity contribution in [2.45, 2.75) is 30.4 Å². The summed E-state index contributed by atoms with van der Waals surface area (Å²) < 4.78 is 27.5. The molecule has 0 spiro atoms. The molecular formula is C12H18ClNO4S2. The van der Waals surface area contributed by atoms with Crippen LogP contribution in [0.5, 0.6) is 0 Å². The second kappa shape index (κ2) is 8.61. The summed E-state index contributed by atoms with van der Waals surface area (Å²) >= 11 is 0.932. The number of ether oxygens (including phenoxy) is 1. The summed E-state index contributed by atoms with van der Waals surface area (Å²) in [6, 6.07) is 1.28. The predicted octanol–water partition coefficient (Wildman–Crippen LogP) is 2.61. The van der Waals surface area contributed by atoms with Crippen molar-refractivity contribution in [2.75, 3.05) is 19.8 Å². The van der Waals surface area contributed by atoms with Gasteiger partial charge in [-0.25, -0.2) is 8.42 Å². The van der Waals surface area contributed by atoms with Gasteiger partial charge in [-0.1, -0.05) is 13.3 Å². The van der Waals surface area contributed by atoms with Crippen LogP contribution in [0.4, 0.5) is 0 Å². The van der Waals surface area contributed by atoms with E-state index < -0.39 is 9.05 Å². The lowest BCUT2D eigenvalue weighted by Gasteiger charge is -2.04. The minimum absolute atomic E-state index is 0.0211. The van der Waals surface area contributed by atoms with Crippen molar-refractivity contribution < 1.29 is 17.9 Å². The quantitative estimate of drug-likeness (QED) is 0.554. The number of rotatable bonds is 9. The molecule has 0 radical (unpaired) electrons. The maximum absolute atomic E-state index is 11.7. The van der Waals surface area contributed by atoms with E-state index in [4.69, 9.17) is 15.4 Å². The Morgan fingerprint density at radius 1 is 1.40 bits per heavy atom. The molecule has 1 N–H and O–H groups in total. The molecule has 1 amide bonds. The Morgan fingerprint density at radius 3 is 2.70 bits per heavy atom. The van der Waals surface area contributed by atoms with Gasteiger partial charge >= 0.3 is 0 Å². The molecule has 0 saturated heterocycles. The summed E-state index contributed by atoms with van der Waals surface area (Å²) in [4.78, 5) is 11.7. The molecule has 1 rings (SSSR count). The molecule has 5 nitrogen and oxygen atoms in total. The molecular weight excluding hydrogens is 322 g/mol. The molecule has 1 aromatic rings. The van der Waals surface area contributed by atoms with Gasteiger partial charge in [0.15, 0.2) is 0 Å². The highest BCUT2D eigenvalue weighted by atomic mass is 35.7. The Kier molecular flexibility index (Phi) is 7.50. The van der Waals surface area contributed by atoms with Crippen molar-refractivity contribution in [3.05, 3.63) is 17.0 Å². The number of amides is 1. The highest BCUT2D eigenvalue weighted by molar-refractivity contribution is 8.15. The van der Waals surface area contributed by atoms with Crippen molar-refractivity contribution in [3.8, 4) is 0 Å². The van der Waals surface area contributed by atoms with E-state index >= 15 is 0 Å². The highest BCUT2D eigenvalue weighted by Gasteiger charge is 2.16. The fourth-order valence-electron chi connectivity index (χ4n) is 1.39. The highest BCUT2D eigenvalue weighted by Crippen LogP contribution is 2.23. The minimum atomic E-state index is -3.76. The van der Waals surface area contributed by atoms with Crippen LogP contribution in [-0.2, 0) is 13.8 Å². The normalized spacial score (nSPS) is 11.5. The minimum Gasteiger partial charge on any atom is -0.381 e. The van der Waals surface area contributed by atoms with Crippen LogP contribution >= 0.6 is 22.0 Å². The first kappa shape index (κ1) is 17.4. The summed E-state index contributed by atoms with van der Waals surface area (Å²) in [5, 5.41) is 4.18. The van der Waals surface area contributed by atoms with Crippen LogP contribution in [0, 0.1) is 0 Å². The van der Waals surface area contributed by atoms with Gasteiger partial charge < -0.3 is 10.1 Å². The van der Waals surface area contributed by atoms with Gasteiger partial charge in [-0.3, -0.25) is 4.79 Å². The van der Waals surface area contributed by atoms with Gasteiger partial charge in [0.1, 0.15) is 4.21 Å². The molecule has 0 atom stereocenters. The molecule has 1 heterocycles. The summed E-state index contributed by atoms with van der Waals surface area (Å²) in [6.45, 7) is 3.93. The van der Waals surface area contributed by atoms with E-state index in [1.807, 2.05) is 0 Å². The lowest BCUT2D eigenvalue weighted by Crippen LogP contribution is -2.24. The summed E-state index contributed by atoms with van der Waals surface area (Å²) in [5.41, 5.74) is 0.307. The molecule has 20 heavy (non-hydrogen) atoms. The third-order valence-corrected chi connectivity index (χ3v) is 5.51.